The topological polar surface area (TPSA) is 117 Å². The van der Waals surface area contributed by atoms with Gasteiger partial charge in [0.25, 0.3) is 5.91 Å². The second-order valence-electron chi connectivity index (χ2n) is 7.73. The molecule has 0 atom stereocenters. The van der Waals surface area contributed by atoms with E-state index in [1.807, 2.05) is 47.2 Å². The van der Waals surface area contributed by atoms with E-state index in [2.05, 4.69) is 10.1 Å². The van der Waals surface area contributed by atoms with Crippen molar-refractivity contribution in [3.05, 3.63) is 70.9 Å². The number of sulfone groups is 1. The van der Waals surface area contributed by atoms with E-state index in [9.17, 15) is 13.2 Å². The van der Waals surface area contributed by atoms with Crippen LogP contribution in [0.4, 0.5) is 0 Å². The molecule has 0 radical (unpaired) electrons. The van der Waals surface area contributed by atoms with Crippen LogP contribution in [0.25, 0.3) is 17.0 Å². The van der Waals surface area contributed by atoms with E-state index in [4.69, 9.17) is 21.7 Å². The van der Waals surface area contributed by atoms with Crippen LogP contribution in [0.2, 0.25) is 5.02 Å². The zero-order valence-corrected chi connectivity index (χ0v) is 20.7. The average Bonchev–Trinajstić information content (AvgIpc) is 3.40. The summed E-state index contributed by atoms with van der Waals surface area (Å²) in [6, 6.07) is 14.9. The maximum Gasteiger partial charge on any atom is 0.283 e. The Morgan fingerprint density at radius 2 is 1.91 bits per heavy atom. The Morgan fingerprint density at radius 3 is 2.69 bits per heavy atom. The number of fused-ring (bicyclic) bond motifs is 2. The minimum atomic E-state index is -3.60. The van der Waals surface area contributed by atoms with E-state index in [0.717, 1.165) is 33.9 Å². The second-order valence-corrected chi connectivity index (χ2v) is 11.3. The van der Waals surface area contributed by atoms with Crippen molar-refractivity contribution >= 4 is 71.5 Å². The molecule has 2 aromatic carbocycles. The number of benzene rings is 2. The first-order valence-electron chi connectivity index (χ1n) is 10.4. The Morgan fingerprint density at radius 1 is 1.17 bits per heavy atom. The Balaban J connectivity index is 1.45. The van der Waals surface area contributed by atoms with Crippen LogP contribution in [-0.2, 0) is 21.2 Å². The fourth-order valence-electron chi connectivity index (χ4n) is 3.67. The Labute approximate surface area is 210 Å². The molecule has 35 heavy (non-hydrogen) atoms. The van der Waals surface area contributed by atoms with E-state index in [1.54, 1.807) is 18.2 Å². The van der Waals surface area contributed by atoms with Crippen LogP contribution >= 0.6 is 23.4 Å². The number of amides is 1. The van der Waals surface area contributed by atoms with Crippen LogP contribution in [-0.4, -0.2) is 52.1 Å². The number of carbonyl (C=O) groups is 1. The van der Waals surface area contributed by atoms with E-state index in [-0.39, 0.29) is 21.0 Å². The molecular formula is C23H18ClN5O4S2. The molecule has 0 saturated carbocycles. The lowest BCUT2D eigenvalue weighted by Gasteiger charge is -2.19. The molecule has 12 heteroatoms. The molecule has 1 aromatic heterocycles. The van der Waals surface area contributed by atoms with Crippen LogP contribution < -0.4 is 4.74 Å². The van der Waals surface area contributed by atoms with Crippen LogP contribution in [0, 0.1) is 5.41 Å². The van der Waals surface area contributed by atoms with Gasteiger partial charge in [-0.15, -0.1) is 5.10 Å². The first-order chi connectivity index (χ1) is 16.7. The highest BCUT2D eigenvalue weighted by Gasteiger charge is 2.38. The number of thioether (sulfide) groups is 1. The second kappa shape index (κ2) is 8.99. The van der Waals surface area contributed by atoms with Crippen molar-refractivity contribution in [2.45, 2.75) is 6.54 Å². The van der Waals surface area contributed by atoms with Gasteiger partial charge in [0.15, 0.2) is 5.84 Å². The third-order valence-electron chi connectivity index (χ3n) is 5.30. The number of hydrazone groups is 1. The first-order valence-corrected chi connectivity index (χ1v) is 13.5. The van der Waals surface area contributed by atoms with E-state index in [1.165, 1.54) is 0 Å². The molecule has 1 amide bonds. The van der Waals surface area contributed by atoms with Gasteiger partial charge >= 0.3 is 0 Å². The number of nitrogens with one attached hydrogen (secondary N) is 1. The number of hydrogen-bond acceptors (Lipinski definition) is 7. The summed E-state index contributed by atoms with van der Waals surface area (Å²) in [6.07, 6.45) is 4.47. The van der Waals surface area contributed by atoms with Gasteiger partial charge in [-0.25, -0.2) is 8.42 Å². The summed E-state index contributed by atoms with van der Waals surface area (Å²) in [5.74, 6) is -0.261. The van der Waals surface area contributed by atoms with Crippen molar-refractivity contribution in [3.63, 3.8) is 0 Å². The summed E-state index contributed by atoms with van der Waals surface area (Å²) < 4.78 is 31.3. The molecule has 3 aromatic rings. The van der Waals surface area contributed by atoms with Gasteiger partial charge in [0.1, 0.15) is 12.4 Å². The smallest absolute Gasteiger partial charge is 0.283 e. The first kappa shape index (κ1) is 23.3. The quantitative estimate of drug-likeness (QED) is 0.501. The minimum absolute atomic E-state index is 0.0167. The molecule has 5 rings (SSSR count). The highest BCUT2D eigenvalue weighted by Crippen LogP contribution is 2.31. The molecule has 1 N–H and O–H groups in total. The Bertz CT molecular complexity index is 1590. The normalized spacial score (nSPS) is 17.1. The lowest BCUT2D eigenvalue weighted by atomic mass is 10.1. The van der Waals surface area contributed by atoms with E-state index in [0.29, 0.717) is 29.5 Å². The van der Waals surface area contributed by atoms with Crippen molar-refractivity contribution in [2.75, 3.05) is 12.9 Å². The van der Waals surface area contributed by atoms with Gasteiger partial charge in [0, 0.05) is 28.9 Å². The van der Waals surface area contributed by atoms with E-state index >= 15 is 0 Å². The van der Waals surface area contributed by atoms with Gasteiger partial charge in [-0.2, -0.15) is 10.0 Å². The number of ether oxygens (including phenoxy) is 1. The molecule has 0 fully saturated rings. The number of nitrogens with zero attached hydrogens (tertiary/aromatic N) is 4. The number of amidine groups is 2. The molecule has 2 aliphatic rings. The van der Waals surface area contributed by atoms with Crippen molar-refractivity contribution < 1.29 is 17.9 Å². The SMILES string of the molecule is CS(=O)(=O)C1=NN2C(=N)/C(=C\c3cn(CCOc4ccccc4Cl)c4ccccc34)C(=O)N=C2S1. The van der Waals surface area contributed by atoms with Gasteiger partial charge in [0.05, 0.1) is 17.1 Å². The molecule has 0 aliphatic carbocycles. The fraction of sp³-hybridized carbons (Fsp3) is 0.130. The van der Waals surface area contributed by atoms with Gasteiger partial charge in [-0.05, 0) is 36.0 Å². The molecule has 0 unspecified atom stereocenters. The zero-order chi connectivity index (χ0) is 24.7. The lowest BCUT2D eigenvalue weighted by molar-refractivity contribution is -0.114. The third-order valence-corrected chi connectivity index (χ3v) is 8.19. The molecule has 0 saturated heterocycles. The zero-order valence-electron chi connectivity index (χ0n) is 18.3. The van der Waals surface area contributed by atoms with Crippen LogP contribution in [0.15, 0.2) is 70.4 Å². The minimum Gasteiger partial charge on any atom is -0.490 e. The van der Waals surface area contributed by atoms with Gasteiger partial charge in [0.2, 0.25) is 19.4 Å². The van der Waals surface area contributed by atoms with Crippen molar-refractivity contribution in [2.24, 2.45) is 10.1 Å². The summed E-state index contributed by atoms with van der Waals surface area (Å²) in [5.41, 5.74) is 1.66. The standard InChI is InChI=1S/C23H18ClN5O4S2/c1-35(31,32)23-27-29-20(25)16(21(30)26-22(29)34-23)12-14-13-28(18-8-4-2-6-15(14)18)10-11-33-19-9-5-3-7-17(19)24/h2-9,12-13,25H,10-11H2,1H3/b16-12+,25-20?. The summed E-state index contributed by atoms with van der Waals surface area (Å²) in [7, 11) is -3.60. The van der Waals surface area contributed by atoms with E-state index < -0.39 is 15.7 Å². The number of hydrogen-bond donors (Lipinski definition) is 1. The number of halogens is 1. The largest absolute Gasteiger partial charge is 0.490 e. The summed E-state index contributed by atoms with van der Waals surface area (Å²) >= 11 is 6.92. The number of carbonyl (C=O) groups excluding carboxylic acids is 1. The van der Waals surface area contributed by atoms with Crippen molar-refractivity contribution in [1.82, 2.24) is 9.58 Å². The van der Waals surface area contributed by atoms with Gasteiger partial charge < -0.3 is 9.30 Å². The third kappa shape index (κ3) is 4.49. The van der Waals surface area contributed by atoms with Gasteiger partial charge in [-0.1, -0.05) is 41.9 Å². The maximum absolute atomic E-state index is 12.7. The molecule has 2 aliphatic heterocycles. The molecule has 9 nitrogen and oxygen atoms in total. The Kier molecular flexibility index (Phi) is 5.99. The van der Waals surface area contributed by atoms with Gasteiger partial charge in [-0.3, -0.25) is 10.2 Å². The Hall–Kier alpha value is -3.41. The molecule has 0 bridgehead atoms. The molecule has 3 heterocycles. The monoisotopic (exact) mass is 527 g/mol. The summed E-state index contributed by atoms with van der Waals surface area (Å²) in [6.45, 7) is 0.891. The van der Waals surface area contributed by atoms with Crippen LogP contribution in [0.3, 0.4) is 0 Å². The lowest BCUT2D eigenvalue weighted by Crippen LogP contribution is -2.35. The number of para-hydroxylation sites is 2. The predicted molar refractivity (Wildman–Crippen MR) is 139 cm³/mol. The van der Waals surface area contributed by atoms with Crippen molar-refractivity contribution in [3.8, 4) is 5.75 Å². The molecular weight excluding hydrogens is 510 g/mol. The number of aliphatic imine (C=N–C) groups is 1. The predicted octanol–water partition coefficient (Wildman–Crippen LogP) is 3.99. The highest BCUT2D eigenvalue weighted by atomic mass is 35.5. The number of rotatable bonds is 5. The van der Waals surface area contributed by atoms with Crippen LogP contribution in [0.5, 0.6) is 5.75 Å². The summed E-state index contributed by atoms with van der Waals surface area (Å²) in [4.78, 5) is 16.7. The maximum atomic E-state index is 12.7. The fourth-order valence-corrected chi connectivity index (χ4v) is 5.55. The summed E-state index contributed by atoms with van der Waals surface area (Å²) in [5, 5.41) is 15.0. The average molecular weight is 528 g/mol. The molecule has 0 spiro atoms. The molecule has 178 valence electrons. The van der Waals surface area contributed by atoms with Crippen LogP contribution in [0.1, 0.15) is 5.56 Å². The van der Waals surface area contributed by atoms with Crippen molar-refractivity contribution in [1.29, 1.82) is 5.41 Å². The number of aromatic nitrogens is 1. The highest BCUT2D eigenvalue weighted by molar-refractivity contribution is 8.42.